The monoisotopic (exact) mass is 380 g/mol. The van der Waals surface area contributed by atoms with E-state index >= 15 is 0 Å². The van der Waals surface area contributed by atoms with Crippen LogP contribution < -0.4 is 14.9 Å². The zero-order valence-corrected chi connectivity index (χ0v) is 15.7. The van der Waals surface area contributed by atoms with E-state index in [1.54, 1.807) is 43.5 Å². The molecule has 0 N–H and O–H groups in total. The zero-order chi connectivity index (χ0) is 19.7. The summed E-state index contributed by atoms with van der Waals surface area (Å²) >= 11 is 0. The second-order valence-electron chi connectivity index (χ2n) is 6.74. The Morgan fingerprint density at radius 2 is 1.93 bits per heavy atom. The predicted molar refractivity (Wildman–Crippen MR) is 104 cm³/mol. The van der Waals surface area contributed by atoms with Crippen molar-refractivity contribution in [3.8, 4) is 22.8 Å². The molecule has 4 rings (SSSR count). The molecule has 28 heavy (non-hydrogen) atoms. The highest BCUT2D eigenvalue weighted by atomic mass is 16.6. The molecule has 1 fully saturated rings. The standard InChI is InChI=1S/C22H20O6/c1-13-5-10-16-18(12-13)27-20(14-6-8-15(25-2)9-7-14)21(19(16)23)28-22(24)17-4-3-11-26-17/h5-10,12,17H,3-4,11H2,1-2H3/t17-/m1/s1. The van der Waals surface area contributed by atoms with Crippen LogP contribution in [0.4, 0.5) is 0 Å². The molecule has 144 valence electrons. The van der Waals surface area contributed by atoms with E-state index in [0.717, 1.165) is 12.0 Å². The molecule has 1 aromatic heterocycles. The second kappa shape index (κ2) is 7.48. The maximum atomic E-state index is 13.1. The number of carbonyl (C=O) groups excluding carboxylic acids is 1. The van der Waals surface area contributed by atoms with E-state index in [1.165, 1.54) is 0 Å². The zero-order valence-electron chi connectivity index (χ0n) is 15.7. The topological polar surface area (TPSA) is 75.0 Å². The number of hydrogen-bond donors (Lipinski definition) is 0. The van der Waals surface area contributed by atoms with Crippen LogP contribution in [0.5, 0.6) is 11.5 Å². The normalized spacial score (nSPS) is 16.3. The number of methoxy groups -OCH3 is 1. The lowest BCUT2D eigenvalue weighted by Crippen LogP contribution is -2.27. The average Bonchev–Trinajstić information content (AvgIpc) is 3.25. The lowest BCUT2D eigenvalue weighted by Gasteiger charge is -2.13. The summed E-state index contributed by atoms with van der Waals surface area (Å²) in [7, 11) is 1.57. The maximum absolute atomic E-state index is 13.1. The molecule has 0 radical (unpaired) electrons. The molecule has 1 aliphatic rings. The van der Waals surface area contributed by atoms with Gasteiger partial charge in [0.05, 0.1) is 12.5 Å². The molecule has 1 aliphatic heterocycles. The van der Waals surface area contributed by atoms with Gasteiger partial charge in [0.25, 0.3) is 0 Å². The first-order valence-corrected chi connectivity index (χ1v) is 9.12. The molecule has 0 spiro atoms. The van der Waals surface area contributed by atoms with Crippen molar-refractivity contribution in [2.75, 3.05) is 13.7 Å². The van der Waals surface area contributed by atoms with Crippen molar-refractivity contribution >= 4 is 16.9 Å². The third kappa shape index (κ3) is 3.39. The second-order valence-corrected chi connectivity index (χ2v) is 6.74. The molecule has 2 heterocycles. The number of benzene rings is 2. The Hall–Kier alpha value is -3.12. The largest absolute Gasteiger partial charge is 0.497 e. The van der Waals surface area contributed by atoms with E-state index in [2.05, 4.69) is 0 Å². The summed E-state index contributed by atoms with van der Waals surface area (Å²) < 4.78 is 22.1. The number of hydrogen-bond acceptors (Lipinski definition) is 6. The summed E-state index contributed by atoms with van der Waals surface area (Å²) in [6, 6.07) is 12.3. The van der Waals surface area contributed by atoms with Crippen molar-refractivity contribution in [2.45, 2.75) is 25.9 Å². The first-order chi connectivity index (χ1) is 13.6. The highest BCUT2D eigenvalue weighted by Gasteiger charge is 2.28. The number of esters is 1. The van der Waals surface area contributed by atoms with Crippen LogP contribution in [0.15, 0.2) is 51.7 Å². The minimum absolute atomic E-state index is 0.123. The minimum Gasteiger partial charge on any atom is -0.497 e. The van der Waals surface area contributed by atoms with E-state index in [9.17, 15) is 9.59 Å². The van der Waals surface area contributed by atoms with Gasteiger partial charge in [-0.15, -0.1) is 0 Å². The highest BCUT2D eigenvalue weighted by molar-refractivity contribution is 5.85. The highest BCUT2D eigenvalue weighted by Crippen LogP contribution is 2.33. The average molecular weight is 380 g/mol. The van der Waals surface area contributed by atoms with Crippen LogP contribution in [0, 0.1) is 6.92 Å². The molecule has 6 nitrogen and oxygen atoms in total. The number of carbonyl (C=O) groups is 1. The third-order valence-electron chi connectivity index (χ3n) is 4.75. The molecule has 2 aromatic carbocycles. The Morgan fingerprint density at radius 1 is 1.14 bits per heavy atom. The van der Waals surface area contributed by atoms with Gasteiger partial charge in [-0.2, -0.15) is 0 Å². The summed E-state index contributed by atoms with van der Waals surface area (Å²) in [5, 5.41) is 0.359. The summed E-state index contributed by atoms with van der Waals surface area (Å²) in [6.45, 7) is 2.43. The van der Waals surface area contributed by atoms with Crippen LogP contribution >= 0.6 is 0 Å². The Bertz CT molecular complexity index is 1070. The number of ether oxygens (including phenoxy) is 3. The molecular weight excluding hydrogens is 360 g/mol. The van der Waals surface area contributed by atoms with Crippen LogP contribution in [0.3, 0.4) is 0 Å². The van der Waals surface area contributed by atoms with E-state index in [1.807, 2.05) is 13.0 Å². The van der Waals surface area contributed by atoms with Gasteiger partial charge in [0, 0.05) is 12.2 Å². The lowest BCUT2D eigenvalue weighted by atomic mass is 10.1. The van der Waals surface area contributed by atoms with Gasteiger partial charge >= 0.3 is 5.97 Å². The van der Waals surface area contributed by atoms with Crippen LogP contribution in [-0.2, 0) is 9.53 Å². The van der Waals surface area contributed by atoms with Crippen molar-refractivity contribution in [1.82, 2.24) is 0 Å². The SMILES string of the molecule is COc1ccc(-c2oc3cc(C)ccc3c(=O)c2OC(=O)[C@H]2CCCO2)cc1. The molecule has 0 saturated carbocycles. The maximum Gasteiger partial charge on any atom is 0.340 e. The molecule has 0 aliphatic carbocycles. The van der Waals surface area contributed by atoms with E-state index in [4.69, 9.17) is 18.6 Å². The number of fused-ring (bicyclic) bond motifs is 1. The van der Waals surface area contributed by atoms with E-state index in [0.29, 0.717) is 35.3 Å². The van der Waals surface area contributed by atoms with Gasteiger partial charge in [-0.1, -0.05) is 6.07 Å². The number of aryl methyl sites for hydroxylation is 1. The Kier molecular flexibility index (Phi) is 4.88. The fourth-order valence-electron chi connectivity index (χ4n) is 3.24. The third-order valence-corrected chi connectivity index (χ3v) is 4.75. The summed E-state index contributed by atoms with van der Waals surface area (Å²) in [5.74, 6) is 0.172. The van der Waals surface area contributed by atoms with Crippen molar-refractivity contribution < 1.29 is 23.4 Å². The summed E-state index contributed by atoms with van der Waals surface area (Å²) in [6.07, 6.45) is 0.711. The molecule has 3 aromatic rings. The molecule has 0 amide bonds. The lowest BCUT2D eigenvalue weighted by molar-refractivity contribution is -0.144. The van der Waals surface area contributed by atoms with Gasteiger partial charge in [-0.05, 0) is 61.7 Å². The molecule has 0 unspecified atom stereocenters. The fourth-order valence-corrected chi connectivity index (χ4v) is 3.24. The van der Waals surface area contributed by atoms with Crippen LogP contribution in [-0.4, -0.2) is 25.8 Å². The van der Waals surface area contributed by atoms with Gasteiger partial charge in [-0.25, -0.2) is 4.79 Å². The summed E-state index contributed by atoms with van der Waals surface area (Å²) in [5.41, 5.74) is 1.61. The van der Waals surface area contributed by atoms with Gasteiger partial charge in [0.1, 0.15) is 11.3 Å². The first kappa shape index (κ1) is 18.3. The summed E-state index contributed by atoms with van der Waals surface area (Å²) in [4.78, 5) is 25.6. The van der Waals surface area contributed by atoms with Crippen molar-refractivity contribution in [1.29, 1.82) is 0 Å². The molecular formula is C22H20O6. The molecule has 1 atom stereocenters. The van der Waals surface area contributed by atoms with Crippen LogP contribution in [0.2, 0.25) is 0 Å². The molecule has 0 bridgehead atoms. The molecule has 6 heteroatoms. The first-order valence-electron chi connectivity index (χ1n) is 9.12. The van der Waals surface area contributed by atoms with Crippen molar-refractivity contribution in [3.05, 3.63) is 58.3 Å². The Labute approximate surface area is 161 Å². The fraction of sp³-hybridized carbons (Fsp3) is 0.273. The van der Waals surface area contributed by atoms with Crippen molar-refractivity contribution in [3.63, 3.8) is 0 Å². The van der Waals surface area contributed by atoms with E-state index in [-0.39, 0.29) is 11.5 Å². The van der Waals surface area contributed by atoms with Gasteiger partial charge in [0.2, 0.25) is 11.2 Å². The predicted octanol–water partition coefficient (Wildman–Crippen LogP) is 3.86. The van der Waals surface area contributed by atoms with Crippen LogP contribution in [0.1, 0.15) is 18.4 Å². The van der Waals surface area contributed by atoms with Gasteiger partial charge < -0.3 is 18.6 Å². The van der Waals surface area contributed by atoms with Gasteiger partial charge in [-0.3, -0.25) is 4.79 Å². The number of rotatable bonds is 4. The van der Waals surface area contributed by atoms with E-state index < -0.39 is 17.5 Å². The van der Waals surface area contributed by atoms with Crippen LogP contribution in [0.25, 0.3) is 22.3 Å². The Balaban J connectivity index is 1.86. The molecule has 1 saturated heterocycles. The smallest absolute Gasteiger partial charge is 0.340 e. The van der Waals surface area contributed by atoms with Gasteiger partial charge in [0.15, 0.2) is 11.9 Å². The Morgan fingerprint density at radius 3 is 2.61 bits per heavy atom. The van der Waals surface area contributed by atoms with Crippen molar-refractivity contribution in [2.24, 2.45) is 0 Å². The quantitative estimate of drug-likeness (QED) is 0.640. The minimum atomic E-state index is -0.656.